The minimum atomic E-state index is -3.62. The molecule has 1 aromatic rings. The van der Waals surface area contributed by atoms with E-state index in [0.717, 1.165) is 12.8 Å². The van der Waals surface area contributed by atoms with Crippen LogP contribution in [0, 0.1) is 11.7 Å². The molecule has 142 valence electrons. The van der Waals surface area contributed by atoms with E-state index in [2.05, 4.69) is 0 Å². The van der Waals surface area contributed by atoms with Crippen LogP contribution >= 0.6 is 0 Å². The molecule has 1 saturated carbocycles. The molecule has 25 heavy (non-hydrogen) atoms. The molecule has 0 radical (unpaired) electrons. The average Bonchev–Trinajstić information content (AvgIpc) is 3.41. The lowest BCUT2D eigenvalue weighted by Crippen LogP contribution is -2.37. The Balaban J connectivity index is 2.19. The van der Waals surface area contributed by atoms with Crippen LogP contribution in [0.2, 0.25) is 0 Å². The van der Waals surface area contributed by atoms with E-state index < -0.39 is 21.9 Å². The van der Waals surface area contributed by atoms with E-state index in [1.807, 2.05) is 0 Å². The summed E-state index contributed by atoms with van der Waals surface area (Å²) in [7, 11) is -2.21. The highest BCUT2D eigenvalue weighted by atomic mass is 32.2. The second kappa shape index (κ2) is 8.93. The van der Waals surface area contributed by atoms with Crippen molar-refractivity contribution in [1.29, 1.82) is 0 Å². The standard InChI is InChI=1S/C17H26FNO5S/c1-13(19(12-23-2)25(21,22)9-3-8-20)15-6-7-16(18)17(10-15)24-11-14-4-5-14/h6-7,10,13-14,20H,3-5,8-9,11-12H2,1-2H3/t13-/m1/s1. The molecule has 0 amide bonds. The van der Waals surface area contributed by atoms with Gasteiger partial charge < -0.3 is 14.6 Å². The second-order valence-electron chi connectivity index (χ2n) is 6.32. The lowest BCUT2D eigenvalue weighted by atomic mass is 10.1. The summed E-state index contributed by atoms with van der Waals surface area (Å²) in [6, 6.07) is 3.84. The Hall–Kier alpha value is -1.22. The van der Waals surface area contributed by atoms with Crippen LogP contribution in [0.15, 0.2) is 18.2 Å². The van der Waals surface area contributed by atoms with Gasteiger partial charge in [0.25, 0.3) is 0 Å². The van der Waals surface area contributed by atoms with Crippen LogP contribution in [0.1, 0.15) is 37.8 Å². The summed E-state index contributed by atoms with van der Waals surface area (Å²) in [6.45, 7) is 1.87. The average molecular weight is 375 g/mol. The van der Waals surface area contributed by atoms with Crippen molar-refractivity contribution in [1.82, 2.24) is 4.31 Å². The number of halogens is 1. The number of sulfonamides is 1. The summed E-state index contributed by atoms with van der Waals surface area (Å²) in [5.74, 6) is -0.00703. The number of aliphatic hydroxyl groups excluding tert-OH is 1. The molecular formula is C17H26FNO5S. The topological polar surface area (TPSA) is 76.1 Å². The van der Waals surface area contributed by atoms with Crippen molar-refractivity contribution in [3.63, 3.8) is 0 Å². The smallest absolute Gasteiger partial charge is 0.216 e. The monoisotopic (exact) mass is 375 g/mol. The van der Waals surface area contributed by atoms with Gasteiger partial charge in [-0.15, -0.1) is 0 Å². The van der Waals surface area contributed by atoms with Gasteiger partial charge in [-0.3, -0.25) is 0 Å². The number of methoxy groups -OCH3 is 1. The third-order valence-corrected chi connectivity index (χ3v) is 6.16. The molecule has 1 aromatic carbocycles. The predicted octanol–water partition coefficient (Wildman–Crippen LogP) is 2.29. The van der Waals surface area contributed by atoms with E-state index in [0.29, 0.717) is 18.1 Å². The van der Waals surface area contributed by atoms with Gasteiger partial charge in [0.1, 0.15) is 6.73 Å². The normalized spacial score (nSPS) is 16.2. The first-order chi connectivity index (χ1) is 11.9. The van der Waals surface area contributed by atoms with Gasteiger partial charge in [0.05, 0.1) is 12.4 Å². The van der Waals surface area contributed by atoms with Crippen molar-refractivity contribution < 1.29 is 27.4 Å². The van der Waals surface area contributed by atoms with Gasteiger partial charge in [0.2, 0.25) is 10.0 Å². The van der Waals surface area contributed by atoms with Crippen LogP contribution in [0.4, 0.5) is 4.39 Å². The van der Waals surface area contributed by atoms with Crippen LogP contribution in [0.3, 0.4) is 0 Å². The first kappa shape index (κ1) is 20.1. The fourth-order valence-electron chi connectivity index (χ4n) is 2.47. The zero-order valence-corrected chi connectivity index (χ0v) is 15.5. The highest BCUT2D eigenvalue weighted by Crippen LogP contribution is 2.32. The maximum absolute atomic E-state index is 13.9. The second-order valence-corrected chi connectivity index (χ2v) is 8.36. The number of ether oxygens (including phenoxy) is 2. The van der Waals surface area contributed by atoms with E-state index in [-0.39, 0.29) is 31.3 Å². The molecule has 1 N–H and O–H groups in total. The molecule has 0 aliphatic heterocycles. The molecule has 6 nitrogen and oxygen atoms in total. The quantitative estimate of drug-likeness (QED) is 0.601. The third kappa shape index (κ3) is 5.64. The Morgan fingerprint density at radius 2 is 2.12 bits per heavy atom. The number of rotatable bonds is 11. The van der Waals surface area contributed by atoms with Gasteiger partial charge in [0, 0.05) is 19.8 Å². The van der Waals surface area contributed by atoms with E-state index in [9.17, 15) is 12.8 Å². The van der Waals surface area contributed by atoms with Gasteiger partial charge in [-0.1, -0.05) is 6.07 Å². The summed E-state index contributed by atoms with van der Waals surface area (Å²) in [4.78, 5) is 0. The Kier molecular flexibility index (Phi) is 7.18. The number of hydrogen-bond donors (Lipinski definition) is 1. The molecule has 0 aromatic heterocycles. The minimum Gasteiger partial charge on any atom is -0.490 e. The summed E-state index contributed by atoms with van der Waals surface area (Å²) < 4.78 is 50.7. The molecule has 0 saturated heterocycles. The van der Waals surface area contributed by atoms with E-state index in [4.69, 9.17) is 14.6 Å². The molecule has 0 unspecified atom stereocenters. The molecule has 8 heteroatoms. The molecule has 0 heterocycles. The van der Waals surface area contributed by atoms with E-state index in [1.165, 1.54) is 17.5 Å². The number of benzene rings is 1. The van der Waals surface area contributed by atoms with Crippen molar-refractivity contribution in [2.45, 2.75) is 32.2 Å². The highest BCUT2D eigenvalue weighted by molar-refractivity contribution is 7.89. The number of aliphatic hydroxyl groups is 1. The zero-order chi connectivity index (χ0) is 18.4. The Morgan fingerprint density at radius 3 is 2.72 bits per heavy atom. The van der Waals surface area contributed by atoms with Gasteiger partial charge in [0.15, 0.2) is 11.6 Å². The highest BCUT2D eigenvalue weighted by Gasteiger charge is 2.29. The van der Waals surface area contributed by atoms with Crippen molar-refractivity contribution in [3.8, 4) is 5.75 Å². The molecule has 0 bridgehead atoms. The fourth-order valence-corrected chi connectivity index (χ4v) is 4.07. The van der Waals surface area contributed by atoms with Crippen LogP contribution < -0.4 is 4.74 Å². The number of hydrogen-bond acceptors (Lipinski definition) is 5. The lowest BCUT2D eigenvalue weighted by Gasteiger charge is -2.28. The first-order valence-corrected chi connectivity index (χ1v) is 10.0. The van der Waals surface area contributed by atoms with Crippen LogP contribution in [0.5, 0.6) is 5.75 Å². The molecule has 2 rings (SSSR count). The maximum Gasteiger partial charge on any atom is 0.216 e. The summed E-state index contributed by atoms with van der Waals surface area (Å²) in [5.41, 5.74) is 0.622. The van der Waals surface area contributed by atoms with Crippen LogP contribution in [-0.2, 0) is 14.8 Å². The molecule has 1 fully saturated rings. The Labute approximate surface area is 148 Å². The summed E-state index contributed by atoms with van der Waals surface area (Å²) in [5, 5.41) is 8.90. The van der Waals surface area contributed by atoms with Crippen molar-refractivity contribution >= 4 is 10.0 Å². The molecular weight excluding hydrogens is 349 g/mol. The molecule has 1 aliphatic rings. The fraction of sp³-hybridized carbons (Fsp3) is 0.647. The third-order valence-electron chi connectivity index (χ3n) is 4.22. The van der Waals surface area contributed by atoms with E-state index in [1.54, 1.807) is 19.1 Å². The van der Waals surface area contributed by atoms with Gasteiger partial charge in [-0.25, -0.2) is 12.8 Å². The SMILES string of the molecule is COCN([C@H](C)c1ccc(F)c(OCC2CC2)c1)S(=O)(=O)CCCO. The van der Waals surface area contributed by atoms with Crippen molar-refractivity contribution in [2.24, 2.45) is 5.92 Å². The number of nitrogens with zero attached hydrogens (tertiary/aromatic N) is 1. The predicted molar refractivity (Wildman–Crippen MR) is 92.2 cm³/mol. The van der Waals surface area contributed by atoms with Gasteiger partial charge in [-0.2, -0.15) is 4.31 Å². The summed E-state index contributed by atoms with van der Waals surface area (Å²) in [6.07, 6.45) is 2.35. The largest absolute Gasteiger partial charge is 0.490 e. The lowest BCUT2D eigenvalue weighted by molar-refractivity contribution is 0.0972. The maximum atomic E-state index is 13.9. The minimum absolute atomic E-state index is 0.120. The van der Waals surface area contributed by atoms with Gasteiger partial charge in [-0.05, 0) is 49.8 Å². The molecule has 0 spiro atoms. The molecule has 1 atom stereocenters. The van der Waals surface area contributed by atoms with Crippen molar-refractivity contribution in [2.75, 3.05) is 32.8 Å². The van der Waals surface area contributed by atoms with Crippen LogP contribution in [-0.4, -0.2) is 50.6 Å². The van der Waals surface area contributed by atoms with Crippen LogP contribution in [0.25, 0.3) is 0 Å². The Bertz CT molecular complexity index is 663. The summed E-state index contributed by atoms with van der Waals surface area (Å²) >= 11 is 0. The van der Waals surface area contributed by atoms with Crippen molar-refractivity contribution in [3.05, 3.63) is 29.6 Å². The van der Waals surface area contributed by atoms with Gasteiger partial charge >= 0.3 is 0 Å². The molecule has 1 aliphatic carbocycles. The Morgan fingerprint density at radius 1 is 1.40 bits per heavy atom. The van der Waals surface area contributed by atoms with E-state index >= 15 is 0 Å². The first-order valence-electron chi connectivity index (χ1n) is 8.40. The zero-order valence-electron chi connectivity index (χ0n) is 14.7.